The Morgan fingerprint density at radius 3 is 2.71 bits per heavy atom. The number of benzene rings is 2. The van der Waals surface area contributed by atoms with Gasteiger partial charge in [0.25, 0.3) is 0 Å². The molecule has 5 heteroatoms. The standard InChI is InChI=1S/C16H16FN3O/c1-2-20(11-5-3-4-10(17)8-11)12-6-7-13-14(9-12)19-16(21)15(13)18/h3-9,15H,2,18H2,1H3,(H,19,21). The van der Waals surface area contributed by atoms with Crippen molar-refractivity contribution in [1.82, 2.24) is 0 Å². The summed E-state index contributed by atoms with van der Waals surface area (Å²) in [6.07, 6.45) is 0. The van der Waals surface area contributed by atoms with Gasteiger partial charge in [-0.25, -0.2) is 4.39 Å². The summed E-state index contributed by atoms with van der Waals surface area (Å²) in [5.74, 6) is -0.474. The molecule has 108 valence electrons. The molecule has 1 atom stereocenters. The van der Waals surface area contributed by atoms with Gasteiger partial charge in [-0.2, -0.15) is 0 Å². The van der Waals surface area contributed by atoms with E-state index in [9.17, 15) is 9.18 Å². The second-order valence-electron chi connectivity index (χ2n) is 4.96. The van der Waals surface area contributed by atoms with Gasteiger partial charge in [-0.3, -0.25) is 4.79 Å². The van der Waals surface area contributed by atoms with Crippen LogP contribution in [-0.2, 0) is 4.79 Å². The smallest absolute Gasteiger partial charge is 0.245 e. The van der Waals surface area contributed by atoms with Crippen molar-refractivity contribution in [3.05, 3.63) is 53.8 Å². The number of anilines is 3. The Kier molecular flexibility index (Phi) is 3.35. The zero-order valence-corrected chi connectivity index (χ0v) is 11.6. The number of nitrogens with one attached hydrogen (secondary N) is 1. The summed E-state index contributed by atoms with van der Waals surface area (Å²) in [7, 11) is 0. The second-order valence-corrected chi connectivity index (χ2v) is 4.96. The lowest BCUT2D eigenvalue weighted by Gasteiger charge is -2.24. The predicted octanol–water partition coefficient (Wildman–Crippen LogP) is 2.94. The van der Waals surface area contributed by atoms with Gasteiger partial charge < -0.3 is 16.0 Å². The molecule has 21 heavy (non-hydrogen) atoms. The first kappa shape index (κ1) is 13.6. The lowest BCUT2D eigenvalue weighted by Crippen LogP contribution is -2.19. The van der Waals surface area contributed by atoms with Crippen LogP contribution in [0.5, 0.6) is 0 Å². The normalized spacial score (nSPS) is 16.5. The van der Waals surface area contributed by atoms with E-state index < -0.39 is 6.04 Å². The van der Waals surface area contributed by atoms with Crippen LogP contribution in [0.25, 0.3) is 0 Å². The number of hydrogen-bond donors (Lipinski definition) is 2. The van der Waals surface area contributed by atoms with Crippen LogP contribution in [0.4, 0.5) is 21.5 Å². The van der Waals surface area contributed by atoms with Crippen molar-refractivity contribution in [2.45, 2.75) is 13.0 Å². The van der Waals surface area contributed by atoms with E-state index in [1.807, 2.05) is 36.1 Å². The molecule has 0 saturated carbocycles. The minimum atomic E-state index is -0.613. The molecule has 1 amide bonds. The Balaban J connectivity index is 2.00. The highest BCUT2D eigenvalue weighted by Gasteiger charge is 2.27. The molecule has 1 aliphatic rings. The fourth-order valence-corrected chi connectivity index (χ4v) is 2.60. The SMILES string of the molecule is CCN(c1cccc(F)c1)c1ccc2c(c1)NC(=O)C2N. The van der Waals surface area contributed by atoms with Crippen LogP contribution >= 0.6 is 0 Å². The van der Waals surface area contributed by atoms with Gasteiger partial charge in [-0.1, -0.05) is 12.1 Å². The molecule has 1 heterocycles. The molecule has 0 fully saturated rings. The van der Waals surface area contributed by atoms with E-state index in [1.165, 1.54) is 12.1 Å². The van der Waals surface area contributed by atoms with E-state index in [2.05, 4.69) is 5.32 Å². The van der Waals surface area contributed by atoms with Gasteiger partial charge in [0.15, 0.2) is 0 Å². The van der Waals surface area contributed by atoms with E-state index in [1.54, 1.807) is 6.07 Å². The summed E-state index contributed by atoms with van der Waals surface area (Å²) in [5.41, 5.74) is 8.97. The van der Waals surface area contributed by atoms with Gasteiger partial charge in [0, 0.05) is 29.2 Å². The number of hydrogen-bond acceptors (Lipinski definition) is 3. The van der Waals surface area contributed by atoms with E-state index in [0.717, 1.165) is 22.6 Å². The number of rotatable bonds is 3. The summed E-state index contributed by atoms with van der Waals surface area (Å²) in [4.78, 5) is 13.6. The molecular weight excluding hydrogens is 269 g/mol. The molecule has 4 nitrogen and oxygen atoms in total. The molecule has 1 unspecified atom stereocenters. The van der Waals surface area contributed by atoms with Gasteiger partial charge in [0.05, 0.1) is 0 Å². The maximum Gasteiger partial charge on any atom is 0.245 e. The maximum atomic E-state index is 13.4. The topological polar surface area (TPSA) is 58.4 Å². The van der Waals surface area contributed by atoms with E-state index in [4.69, 9.17) is 5.73 Å². The Hall–Kier alpha value is -2.40. The Bertz CT molecular complexity index is 702. The summed E-state index contributed by atoms with van der Waals surface area (Å²) in [6, 6.07) is 11.4. The van der Waals surface area contributed by atoms with Crippen LogP contribution in [0, 0.1) is 5.82 Å². The first-order valence-corrected chi connectivity index (χ1v) is 6.83. The number of fused-ring (bicyclic) bond motifs is 1. The number of nitrogens with two attached hydrogens (primary N) is 1. The number of carbonyl (C=O) groups is 1. The summed E-state index contributed by atoms with van der Waals surface area (Å²) in [6.45, 7) is 2.67. The van der Waals surface area contributed by atoms with Gasteiger partial charge in [-0.15, -0.1) is 0 Å². The van der Waals surface area contributed by atoms with Crippen LogP contribution in [0.3, 0.4) is 0 Å². The van der Waals surface area contributed by atoms with Crippen molar-refractivity contribution < 1.29 is 9.18 Å². The van der Waals surface area contributed by atoms with Gasteiger partial charge >= 0.3 is 0 Å². The van der Waals surface area contributed by atoms with Crippen molar-refractivity contribution in [2.75, 3.05) is 16.8 Å². The average molecular weight is 285 g/mol. The van der Waals surface area contributed by atoms with Crippen LogP contribution in [-0.4, -0.2) is 12.5 Å². The average Bonchev–Trinajstić information content (AvgIpc) is 2.75. The highest BCUT2D eigenvalue weighted by Crippen LogP contribution is 2.35. The van der Waals surface area contributed by atoms with Crippen LogP contribution in [0.1, 0.15) is 18.5 Å². The summed E-state index contributed by atoms with van der Waals surface area (Å²) >= 11 is 0. The van der Waals surface area contributed by atoms with E-state index >= 15 is 0 Å². The lowest BCUT2D eigenvalue weighted by atomic mass is 10.1. The Morgan fingerprint density at radius 1 is 1.24 bits per heavy atom. The molecule has 0 aliphatic carbocycles. The molecular formula is C16H16FN3O. The molecule has 0 bridgehead atoms. The zero-order valence-electron chi connectivity index (χ0n) is 11.6. The van der Waals surface area contributed by atoms with Crippen molar-refractivity contribution in [2.24, 2.45) is 5.73 Å². The fourth-order valence-electron chi connectivity index (χ4n) is 2.60. The number of amides is 1. The van der Waals surface area contributed by atoms with Crippen LogP contribution < -0.4 is 16.0 Å². The minimum absolute atomic E-state index is 0.198. The number of carbonyl (C=O) groups excluding carboxylic acids is 1. The van der Waals surface area contributed by atoms with Crippen molar-refractivity contribution in [3.63, 3.8) is 0 Å². The molecule has 0 saturated heterocycles. The Morgan fingerprint density at radius 2 is 2.00 bits per heavy atom. The molecule has 1 aliphatic heterocycles. The van der Waals surface area contributed by atoms with Gasteiger partial charge in [0.1, 0.15) is 11.9 Å². The van der Waals surface area contributed by atoms with Crippen molar-refractivity contribution >= 4 is 23.0 Å². The largest absolute Gasteiger partial charge is 0.342 e. The molecule has 0 radical (unpaired) electrons. The van der Waals surface area contributed by atoms with Crippen LogP contribution in [0.15, 0.2) is 42.5 Å². The molecule has 3 rings (SSSR count). The highest BCUT2D eigenvalue weighted by atomic mass is 19.1. The van der Waals surface area contributed by atoms with Crippen molar-refractivity contribution in [1.29, 1.82) is 0 Å². The van der Waals surface area contributed by atoms with Gasteiger partial charge in [0.2, 0.25) is 5.91 Å². The molecule has 2 aromatic rings. The van der Waals surface area contributed by atoms with E-state index in [-0.39, 0.29) is 11.7 Å². The molecule has 2 aromatic carbocycles. The molecule has 0 aromatic heterocycles. The highest BCUT2D eigenvalue weighted by molar-refractivity contribution is 6.03. The predicted molar refractivity (Wildman–Crippen MR) is 81.1 cm³/mol. The number of nitrogens with zero attached hydrogens (tertiary/aromatic N) is 1. The zero-order chi connectivity index (χ0) is 15.0. The monoisotopic (exact) mass is 285 g/mol. The molecule has 0 spiro atoms. The van der Waals surface area contributed by atoms with Gasteiger partial charge in [-0.05, 0) is 37.3 Å². The second kappa shape index (κ2) is 5.18. The van der Waals surface area contributed by atoms with Crippen LogP contribution in [0.2, 0.25) is 0 Å². The Labute approximate surface area is 122 Å². The first-order chi connectivity index (χ1) is 10.1. The van der Waals surface area contributed by atoms with Crippen molar-refractivity contribution in [3.8, 4) is 0 Å². The van der Waals surface area contributed by atoms with E-state index in [0.29, 0.717) is 6.54 Å². The third kappa shape index (κ3) is 2.36. The fraction of sp³-hybridized carbons (Fsp3) is 0.188. The number of halogens is 1. The maximum absolute atomic E-state index is 13.4. The lowest BCUT2D eigenvalue weighted by molar-refractivity contribution is -0.116. The summed E-state index contributed by atoms with van der Waals surface area (Å²) < 4.78 is 13.4. The quantitative estimate of drug-likeness (QED) is 0.911. The summed E-state index contributed by atoms with van der Waals surface area (Å²) in [5, 5.41) is 2.76. The first-order valence-electron chi connectivity index (χ1n) is 6.83. The third-order valence-corrected chi connectivity index (χ3v) is 3.66. The minimum Gasteiger partial charge on any atom is -0.342 e. The molecule has 3 N–H and O–H groups in total. The third-order valence-electron chi connectivity index (χ3n) is 3.66.